The molecule has 5 aromatic carbocycles. The number of fused-ring (bicyclic) bond motifs is 4. The largest absolute Gasteiger partial charge is 0.0654 e. The summed E-state index contributed by atoms with van der Waals surface area (Å²) in [5, 5.41) is 11.0. The molecule has 0 spiro atoms. The molecule has 0 saturated carbocycles. The van der Waals surface area contributed by atoms with Crippen LogP contribution in [0.15, 0.2) is 78.9 Å². The lowest BCUT2D eigenvalue weighted by molar-refractivity contribution is 0.576. The monoisotopic (exact) mass is 418 g/mol. The third-order valence-corrected chi connectivity index (χ3v) is 7.08. The van der Waals surface area contributed by atoms with Gasteiger partial charge in [-0.15, -0.1) is 0 Å². The third kappa shape index (κ3) is 4.37. The van der Waals surface area contributed by atoms with E-state index in [9.17, 15) is 0 Å². The molecule has 0 heterocycles. The van der Waals surface area contributed by atoms with Crippen molar-refractivity contribution >= 4 is 43.1 Å². The molecular weight excluding hydrogens is 384 g/mol. The van der Waals surface area contributed by atoms with Crippen molar-refractivity contribution in [1.29, 1.82) is 0 Å². The van der Waals surface area contributed by atoms with E-state index in [-0.39, 0.29) is 0 Å². The molecule has 0 nitrogen and oxygen atoms in total. The molecule has 5 rings (SSSR count). The Morgan fingerprint density at radius 1 is 0.438 bits per heavy atom. The molecule has 162 valence electrons. The number of hydrogen-bond acceptors (Lipinski definition) is 0. The van der Waals surface area contributed by atoms with E-state index in [4.69, 9.17) is 0 Å². The Morgan fingerprint density at radius 2 is 0.844 bits per heavy atom. The van der Waals surface area contributed by atoms with Gasteiger partial charge in [-0.25, -0.2) is 0 Å². The molecule has 0 radical (unpaired) electrons. The van der Waals surface area contributed by atoms with E-state index in [0.717, 1.165) is 0 Å². The van der Waals surface area contributed by atoms with Gasteiger partial charge < -0.3 is 0 Å². The Bertz CT molecular complexity index is 1270. The lowest BCUT2D eigenvalue weighted by atomic mass is 9.90. The number of hydrogen-bond donors (Lipinski definition) is 0. The average molecular weight is 419 g/mol. The van der Waals surface area contributed by atoms with Gasteiger partial charge in [-0.05, 0) is 91.8 Å². The topological polar surface area (TPSA) is 0 Å². The van der Waals surface area contributed by atoms with Crippen LogP contribution < -0.4 is 0 Å². The smallest absolute Gasteiger partial charge is 0.0139 e. The highest BCUT2D eigenvalue weighted by atomic mass is 14.1. The summed E-state index contributed by atoms with van der Waals surface area (Å²) in [6.07, 6.45) is 12.1. The normalized spacial score (nSPS) is 11.8. The van der Waals surface area contributed by atoms with Gasteiger partial charge in [0, 0.05) is 0 Å². The van der Waals surface area contributed by atoms with Crippen molar-refractivity contribution in [2.45, 2.75) is 64.7 Å². The van der Waals surface area contributed by atoms with E-state index >= 15 is 0 Å². The molecule has 0 bridgehead atoms. The van der Waals surface area contributed by atoms with Crippen LogP contribution in [0.1, 0.15) is 63.9 Å². The molecule has 32 heavy (non-hydrogen) atoms. The van der Waals surface area contributed by atoms with E-state index in [1.165, 1.54) is 101 Å². The van der Waals surface area contributed by atoms with E-state index in [0.29, 0.717) is 0 Å². The van der Waals surface area contributed by atoms with Crippen LogP contribution >= 0.6 is 0 Å². The van der Waals surface area contributed by atoms with Gasteiger partial charge >= 0.3 is 0 Å². The third-order valence-electron chi connectivity index (χ3n) is 7.08. The van der Waals surface area contributed by atoms with Crippen molar-refractivity contribution in [2.75, 3.05) is 0 Å². The number of rotatable bonds is 9. The second-order valence-corrected chi connectivity index (χ2v) is 9.42. The second kappa shape index (κ2) is 9.74. The molecule has 0 aliphatic rings. The minimum absolute atomic E-state index is 1.17. The van der Waals surface area contributed by atoms with Gasteiger partial charge in [-0.2, -0.15) is 0 Å². The minimum atomic E-state index is 1.17. The van der Waals surface area contributed by atoms with Crippen molar-refractivity contribution in [3.05, 3.63) is 84.4 Å². The Labute approximate surface area is 192 Å². The second-order valence-electron chi connectivity index (χ2n) is 9.42. The molecule has 0 fully saturated rings. The Kier molecular flexibility index (Phi) is 6.39. The summed E-state index contributed by atoms with van der Waals surface area (Å²) in [5.41, 5.74) is 1.54. The summed E-state index contributed by atoms with van der Waals surface area (Å²) < 4.78 is 0. The van der Waals surface area contributed by atoms with Crippen LogP contribution in [-0.4, -0.2) is 0 Å². The van der Waals surface area contributed by atoms with Crippen LogP contribution in [0.5, 0.6) is 0 Å². The van der Waals surface area contributed by atoms with Crippen LogP contribution in [0.3, 0.4) is 0 Å². The van der Waals surface area contributed by atoms with E-state index in [1.54, 1.807) is 5.56 Å². The first-order valence-corrected chi connectivity index (χ1v) is 12.6. The SMILES string of the molecule is CCCCCCCCCCc1c2cc3ccccc3cc2cc2cc3ccccc3cc12. The number of unbranched alkanes of at least 4 members (excludes halogenated alkanes) is 7. The van der Waals surface area contributed by atoms with E-state index in [2.05, 4.69) is 85.8 Å². The molecule has 5 aromatic rings. The Balaban J connectivity index is 1.52. The molecule has 0 heteroatoms. The summed E-state index contributed by atoms with van der Waals surface area (Å²) in [6, 6.07) is 29.6. The van der Waals surface area contributed by atoms with Crippen molar-refractivity contribution in [3.8, 4) is 0 Å². The minimum Gasteiger partial charge on any atom is -0.0654 e. The highest BCUT2D eigenvalue weighted by molar-refractivity contribution is 6.10. The van der Waals surface area contributed by atoms with Gasteiger partial charge in [-0.1, -0.05) is 100 Å². The van der Waals surface area contributed by atoms with Crippen LogP contribution in [0.2, 0.25) is 0 Å². The van der Waals surface area contributed by atoms with Gasteiger partial charge in [0.05, 0.1) is 0 Å². The summed E-state index contributed by atoms with van der Waals surface area (Å²) in [7, 11) is 0. The first kappa shape index (κ1) is 21.0. The summed E-state index contributed by atoms with van der Waals surface area (Å²) in [6.45, 7) is 2.29. The zero-order valence-electron chi connectivity index (χ0n) is 19.4. The standard InChI is InChI=1S/C32H34/c1-2-3-4-5-6-7-8-9-18-30-31-22-26-16-12-10-14-24(26)19-28(31)21-29-20-25-15-11-13-17-27(25)23-32(29)30/h10-17,19-23H,2-9,18H2,1H3. The molecule has 0 atom stereocenters. The van der Waals surface area contributed by atoms with Crippen LogP contribution in [0.4, 0.5) is 0 Å². The fourth-order valence-electron chi connectivity index (χ4n) is 5.29. The summed E-state index contributed by atoms with van der Waals surface area (Å²) in [5.74, 6) is 0. The molecule has 0 unspecified atom stereocenters. The molecule has 0 aromatic heterocycles. The zero-order chi connectivity index (χ0) is 21.8. The first-order chi connectivity index (χ1) is 15.8. The highest BCUT2D eigenvalue weighted by Gasteiger charge is 2.10. The van der Waals surface area contributed by atoms with E-state index in [1.807, 2.05) is 0 Å². The average Bonchev–Trinajstić information content (AvgIpc) is 2.82. The predicted molar refractivity (Wildman–Crippen MR) is 143 cm³/mol. The lowest BCUT2D eigenvalue weighted by Crippen LogP contribution is -1.92. The van der Waals surface area contributed by atoms with Crippen molar-refractivity contribution in [2.24, 2.45) is 0 Å². The predicted octanol–water partition coefficient (Wildman–Crippen LogP) is 9.98. The summed E-state index contributed by atoms with van der Waals surface area (Å²) >= 11 is 0. The quantitative estimate of drug-likeness (QED) is 0.165. The maximum Gasteiger partial charge on any atom is -0.0139 e. The van der Waals surface area contributed by atoms with Gasteiger partial charge in [0.2, 0.25) is 0 Å². The zero-order valence-corrected chi connectivity index (χ0v) is 19.4. The molecule has 0 aliphatic heterocycles. The van der Waals surface area contributed by atoms with Crippen LogP contribution in [0.25, 0.3) is 43.1 Å². The molecule has 0 aliphatic carbocycles. The molecule has 0 amide bonds. The number of aryl methyl sites for hydroxylation is 1. The first-order valence-electron chi connectivity index (χ1n) is 12.6. The fourth-order valence-corrected chi connectivity index (χ4v) is 5.29. The number of benzene rings is 5. The van der Waals surface area contributed by atoms with Gasteiger partial charge in [0.1, 0.15) is 0 Å². The van der Waals surface area contributed by atoms with Crippen molar-refractivity contribution in [1.82, 2.24) is 0 Å². The van der Waals surface area contributed by atoms with Crippen molar-refractivity contribution < 1.29 is 0 Å². The van der Waals surface area contributed by atoms with Gasteiger partial charge in [-0.3, -0.25) is 0 Å². The van der Waals surface area contributed by atoms with Gasteiger partial charge in [0.15, 0.2) is 0 Å². The lowest BCUT2D eigenvalue weighted by Gasteiger charge is -2.14. The molecular formula is C32H34. The van der Waals surface area contributed by atoms with E-state index < -0.39 is 0 Å². The molecule has 0 saturated heterocycles. The maximum absolute atomic E-state index is 2.43. The van der Waals surface area contributed by atoms with Gasteiger partial charge in [0.25, 0.3) is 0 Å². The fraction of sp³-hybridized carbons (Fsp3) is 0.312. The Hall–Kier alpha value is -2.86. The Morgan fingerprint density at radius 3 is 1.34 bits per heavy atom. The van der Waals surface area contributed by atoms with Crippen LogP contribution in [-0.2, 0) is 6.42 Å². The van der Waals surface area contributed by atoms with Crippen molar-refractivity contribution in [3.63, 3.8) is 0 Å². The highest BCUT2D eigenvalue weighted by Crippen LogP contribution is 2.35. The molecule has 0 N–H and O–H groups in total. The van der Waals surface area contributed by atoms with Crippen LogP contribution in [0, 0.1) is 0 Å². The maximum atomic E-state index is 2.43. The summed E-state index contributed by atoms with van der Waals surface area (Å²) in [4.78, 5) is 0.